The highest BCUT2D eigenvalue weighted by Gasteiger charge is 2.26. The highest BCUT2D eigenvalue weighted by molar-refractivity contribution is 7.89. The van der Waals surface area contributed by atoms with Crippen LogP contribution in [0.2, 0.25) is 0 Å². The minimum absolute atomic E-state index is 0.0385. The first-order valence-electron chi connectivity index (χ1n) is 10.5. The predicted molar refractivity (Wildman–Crippen MR) is 123 cm³/mol. The summed E-state index contributed by atoms with van der Waals surface area (Å²) in [6.45, 7) is 7.02. The zero-order valence-electron chi connectivity index (χ0n) is 18.5. The molecule has 0 unspecified atom stereocenters. The minimum atomic E-state index is -3.76. The van der Waals surface area contributed by atoms with Gasteiger partial charge < -0.3 is 14.6 Å². The Labute approximate surface area is 188 Å². The van der Waals surface area contributed by atoms with Crippen LogP contribution >= 0.6 is 0 Å². The SMILES string of the molecule is CCOc1ccc(NC(=O)c2ccc(Cn3ccnc3)cc2)cc1S(=O)(=O)N(CC)CC. The molecule has 0 aliphatic heterocycles. The van der Waals surface area contributed by atoms with E-state index in [9.17, 15) is 13.2 Å². The summed E-state index contributed by atoms with van der Waals surface area (Å²) < 4.78 is 35.0. The second-order valence-corrected chi connectivity index (χ2v) is 8.98. The van der Waals surface area contributed by atoms with Crippen molar-refractivity contribution in [2.45, 2.75) is 32.2 Å². The number of imidazole rings is 1. The molecule has 0 spiro atoms. The van der Waals surface area contributed by atoms with Gasteiger partial charge in [0.1, 0.15) is 10.6 Å². The second-order valence-electron chi connectivity index (χ2n) is 7.07. The molecule has 1 heterocycles. The van der Waals surface area contributed by atoms with E-state index >= 15 is 0 Å². The lowest BCUT2D eigenvalue weighted by Gasteiger charge is -2.21. The zero-order valence-corrected chi connectivity index (χ0v) is 19.3. The van der Waals surface area contributed by atoms with Crippen molar-refractivity contribution in [3.8, 4) is 5.75 Å². The normalized spacial score (nSPS) is 11.5. The van der Waals surface area contributed by atoms with Crippen LogP contribution in [0.1, 0.15) is 36.7 Å². The van der Waals surface area contributed by atoms with E-state index in [1.165, 1.54) is 10.4 Å². The van der Waals surface area contributed by atoms with Gasteiger partial charge in [-0.25, -0.2) is 13.4 Å². The molecule has 170 valence electrons. The summed E-state index contributed by atoms with van der Waals surface area (Å²) in [6, 6.07) is 11.9. The van der Waals surface area contributed by atoms with Crippen LogP contribution in [0.25, 0.3) is 0 Å². The summed E-state index contributed by atoms with van der Waals surface area (Å²) in [5, 5.41) is 2.79. The van der Waals surface area contributed by atoms with Crippen molar-refractivity contribution in [2.24, 2.45) is 0 Å². The summed E-state index contributed by atoms with van der Waals surface area (Å²) in [5.74, 6) is -0.0595. The average Bonchev–Trinajstić information content (AvgIpc) is 3.29. The second kappa shape index (κ2) is 10.4. The van der Waals surface area contributed by atoms with Crippen LogP contribution in [0, 0.1) is 0 Å². The van der Waals surface area contributed by atoms with Crippen molar-refractivity contribution < 1.29 is 17.9 Å². The Morgan fingerprint density at radius 2 is 1.81 bits per heavy atom. The lowest BCUT2D eigenvalue weighted by molar-refractivity contribution is 0.102. The van der Waals surface area contributed by atoms with Crippen LogP contribution in [0.15, 0.2) is 66.1 Å². The van der Waals surface area contributed by atoms with E-state index in [4.69, 9.17) is 4.74 Å². The number of hydrogen-bond donors (Lipinski definition) is 1. The van der Waals surface area contributed by atoms with Crippen molar-refractivity contribution in [1.29, 1.82) is 0 Å². The molecule has 0 radical (unpaired) electrons. The fraction of sp³-hybridized carbons (Fsp3) is 0.304. The number of aromatic nitrogens is 2. The molecule has 3 rings (SSSR count). The molecule has 0 aliphatic rings. The van der Waals surface area contributed by atoms with Crippen molar-refractivity contribution >= 4 is 21.6 Å². The molecule has 8 nitrogen and oxygen atoms in total. The lowest BCUT2D eigenvalue weighted by Crippen LogP contribution is -2.31. The Kier molecular flexibility index (Phi) is 7.66. The predicted octanol–water partition coefficient (Wildman–Crippen LogP) is 3.61. The standard InChI is InChI=1S/C23H28N4O4S/c1-4-27(5-2)32(29,30)22-15-20(11-12-21(22)31-6-3)25-23(28)19-9-7-18(8-10-19)16-26-14-13-24-17-26/h7-15,17H,4-6,16H2,1-3H3,(H,25,28). The van der Waals surface area contributed by atoms with E-state index in [1.54, 1.807) is 57.6 Å². The molecule has 0 saturated heterocycles. The van der Waals surface area contributed by atoms with Gasteiger partial charge in [-0.3, -0.25) is 4.79 Å². The van der Waals surface area contributed by atoms with Crippen molar-refractivity contribution in [2.75, 3.05) is 25.0 Å². The number of nitrogens with zero attached hydrogens (tertiary/aromatic N) is 3. The molecule has 2 aromatic carbocycles. The Morgan fingerprint density at radius 3 is 2.41 bits per heavy atom. The molecule has 1 aromatic heterocycles. The summed E-state index contributed by atoms with van der Waals surface area (Å²) in [4.78, 5) is 16.8. The number of nitrogens with one attached hydrogen (secondary N) is 1. The molecule has 0 fully saturated rings. The lowest BCUT2D eigenvalue weighted by atomic mass is 10.1. The zero-order chi connectivity index (χ0) is 23.1. The minimum Gasteiger partial charge on any atom is -0.492 e. The molecule has 0 aliphatic carbocycles. The third-order valence-electron chi connectivity index (χ3n) is 4.97. The summed E-state index contributed by atoms with van der Waals surface area (Å²) in [7, 11) is -3.76. The van der Waals surface area contributed by atoms with Crippen molar-refractivity contribution in [1.82, 2.24) is 13.9 Å². The Morgan fingerprint density at radius 1 is 1.09 bits per heavy atom. The van der Waals surface area contributed by atoms with Gasteiger partial charge in [0.25, 0.3) is 5.91 Å². The molecule has 0 saturated carbocycles. The average molecular weight is 457 g/mol. The van der Waals surface area contributed by atoms with Crippen LogP contribution in [0.5, 0.6) is 5.75 Å². The summed E-state index contributed by atoms with van der Waals surface area (Å²) in [5.41, 5.74) is 1.89. The van der Waals surface area contributed by atoms with E-state index in [0.29, 0.717) is 37.5 Å². The fourth-order valence-electron chi connectivity index (χ4n) is 3.32. The van der Waals surface area contributed by atoms with Crippen LogP contribution in [0.4, 0.5) is 5.69 Å². The van der Waals surface area contributed by atoms with Gasteiger partial charge in [-0.15, -0.1) is 0 Å². The summed E-state index contributed by atoms with van der Waals surface area (Å²) >= 11 is 0. The van der Waals surface area contributed by atoms with Crippen molar-refractivity contribution in [3.63, 3.8) is 0 Å². The quantitative estimate of drug-likeness (QED) is 0.503. The molecular formula is C23H28N4O4S. The molecular weight excluding hydrogens is 428 g/mol. The third-order valence-corrected chi connectivity index (χ3v) is 7.04. The fourth-order valence-corrected chi connectivity index (χ4v) is 4.94. The number of sulfonamides is 1. The third kappa shape index (κ3) is 5.35. The van der Waals surface area contributed by atoms with Crippen LogP contribution in [0.3, 0.4) is 0 Å². The van der Waals surface area contributed by atoms with Gasteiger partial charge in [-0.1, -0.05) is 26.0 Å². The van der Waals surface area contributed by atoms with E-state index in [1.807, 2.05) is 22.9 Å². The maximum Gasteiger partial charge on any atom is 0.255 e. The summed E-state index contributed by atoms with van der Waals surface area (Å²) in [6.07, 6.45) is 5.32. The van der Waals surface area contributed by atoms with Gasteiger partial charge in [-0.05, 0) is 42.8 Å². The van der Waals surface area contributed by atoms with Crippen LogP contribution in [-0.2, 0) is 16.6 Å². The number of ether oxygens (including phenoxy) is 1. The molecule has 1 amide bonds. The molecule has 9 heteroatoms. The Hall–Kier alpha value is -3.17. The number of carbonyl (C=O) groups is 1. The maximum absolute atomic E-state index is 13.1. The molecule has 0 atom stereocenters. The smallest absolute Gasteiger partial charge is 0.255 e. The van der Waals surface area contributed by atoms with E-state index in [0.717, 1.165) is 5.56 Å². The van der Waals surface area contributed by atoms with Crippen LogP contribution < -0.4 is 10.1 Å². The number of carbonyl (C=O) groups excluding carboxylic acids is 1. The van der Waals surface area contributed by atoms with Gasteiger partial charge in [0.15, 0.2) is 0 Å². The van der Waals surface area contributed by atoms with E-state index in [-0.39, 0.29) is 16.6 Å². The maximum atomic E-state index is 13.1. The van der Waals surface area contributed by atoms with Crippen molar-refractivity contribution in [3.05, 3.63) is 72.3 Å². The highest BCUT2D eigenvalue weighted by atomic mass is 32.2. The number of benzene rings is 2. The first-order valence-corrected chi connectivity index (χ1v) is 12.0. The molecule has 3 aromatic rings. The Balaban J connectivity index is 1.81. The molecule has 32 heavy (non-hydrogen) atoms. The van der Waals surface area contributed by atoms with E-state index < -0.39 is 10.0 Å². The molecule has 1 N–H and O–H groups in total. The van der Waals surface area contributed by atoms with Gasteiger partial charge in [0, 0.05) is 43.3 Å². The Bertz CT molecular complexity index is 1140. The van der Waals surface area contributed by atoms with Gasteiger partial charge >= 0.3 is 0 Å². The monoisotopic (exact) mass is 456 g/mol. The van der Waals surface area contributed by atoms with E-state index in [2.05, 4.69) is 10.3 Å². The van der Waals surface area contributed by atoms with Gasteiger partial charge in [0.05, 0.1) is 12.9 Å². The first kappa shape index (κ1) is 23.5. The number of hydrogen-bond acceptors (Lipinski definition) is 5. The van der Waals surface area contributed by atoms with Gasteiger partial charge in [-0.2, -0.15) is 4.31 Å². The van der Waals surface area contributed by atoms with Crippen LogP contribution in [-0.4, -0.2) is 47.9 Å². The first-order chi connectivity index (χ1) is 15.4. The number of amides is 1. The highest BCUT2D eigenvalue weighted by Crippen LogP contribution is 2.30. The topological polar surface area (TPSA) is 93.5 Å². The number of anilines is 1. The largest absolute Gasteiger partial charge is 0.492 e. The van der Waals surface area contributed by atoms with Gasteiger partial charge in [0.2, 0.25) is 10.0 Å². The molecule has 0 bridgehead atoms. The number of rotatable bonds is 10.